The number of nitrogen functional groups attached to an aromatic ring is 1. The molecule has 0 aliphatic carbocycles. The molecule has 0 fully saturated rings. The van der Waals surface area contributed by atoms with Gasteiger partial charge >= 0.3 is 0 Å². The summed E-state index contributed by atoms with van der Waals surface area (Å²) in [5.74, 6) is 0.0125. The molecule has 2 aromatic rings. The number of carbonyl (C=O) groups excluding carboxylic acids is 1. The first-order valence-corrected chi connectivity index (χ1v) is 6.51. The molecule has 0 saturated heterocycles. The lowest BCUT2D eigenvalue weighted by Crippen LogP contribution is -2.20. The molecule has 0 bridgehead atoms. The van der Waals surface area contributed by atoms with Crippen LogP contribution in [0.4, 0.5) is 10.8 Å². The predicted octanol–water partition coefficient (Wildman–Crippen LogP) is 1.40. The van der Waals surface area contributed by atoms with E-state index in [0.29, 0.717) is 17.1 Å². The van der Waals surface area contributed by atoms with E-state index in [9.17, 15) is 4.79 Å². The number of rotatable bonds is 4. The molecule has 2 rings (SSSR count). The van der Waals surface area contributed by atoms with Crippen molar-refractivity contribution in [2.45, 2.75) is 13.5 Å². The fourth-order valence-electron chi connectivity index (χ4n) is 1.64. The average molecular weight is 277 g/mol. The van der Waals surface area contributed by atoms with Crippen LogP contribution in [-0.2, 0) is 6.54 Å². The second-order valence-corrected chi connectivity index (χ2v) is 4.78. The number of nitrogens with two attached hydrogens (primary N) is 1. The van der Waals surface area contributed by atoms with Crippen LogP contribution in [-0.4, -0.2) is 22.3 Å². The lowest BCUT2D eigenvalue weighted by molar-refractivity contribution is 0.0965. The van der Waals surface area contributed by atoms with Gasteiger partial charge in [0, 0.05) is 26.0 Å². The summed E-state index contributed by atoms with van der Waals surface area (Å²) in [6.07, 6.45) is 3.54. The predicted molar refractivity (Wildman–Crippen MR) is 76.2 cm³/mol. The Kier molecular flexibility index (Phi) is 3.96. The number of nitrogens with one attached hydrogen (secondary N) is 2. The number of hydrogen-bond donors (Lipinski definition) is 3. The van der Waals surface area contributed by atoms with Gasteiger partial charge in [0.05, 0.1) is 0 Å². The molecule has 2 aromatic heterocycles. The molecular weight excluding hydrogens is 262 g/mol. The van der Waals surface area contributed by atoms with Gasteiger partial charge in [0.2, 0.25) is 0 Å². The Morgan fingerprint density at radius 3 is 3.00 bits per heavy atom. The summed E-state index contributed by atoms with van der Waals surface area (Å²) in [5, 5.41) is 6.42. The first-order valence-electron chi connectivity index (χ1n) is 5.74. The summed E-state index contributed by atoms with van der Waals surface area (Å²) in [4.78, 5) is 15.8. The zero-order chi connectivity index (χ0) is 13.8. The van der Waals surface area contributed by atoms with E-state index in [2.05, 4.69) is 20.0 Å². The van der Waals surface area contributed by atoms with Gasteiger partial charge in [-0.2, -0.15) is 4.37 Å². The van der Waals surface area contributed by atoms with Gasteiger partial charge in [-0.3, -0.25) is 9.78 Å². The van der Waals surface area contributed by atoms with Crippen LogP contribution in [0.5, 0.6) is 0 Å². The molecule has 2 heterocycles. The molecule has 0 aliphatic rings. The number of hydrogen-bond acceptors (Lipinski definition) is 6. The van der Waals surface area contributed by atoms with E-state index in [0.717, 1.165) is 11.1 Å². The average Bonchev–Trinajstić information content (AvgIpc) is 2.78. The van der Waals surface area contributed by atoms with Crippen molar-refractivity contribution in [3.63, 3.8) is 0 Å². The summed E-state index contributed by atoms with van der Waals surface area (Å²) in [6, 6.07) is 1.94. The Morgan fingerprint density at radius 2 is 2.32 bits per heavy atom. The number of aromatic nitrogens is 2. The second-order valence-electron chi connectivity index (χ2n) is 4.01. The summed E-state index contributed by atoms with van der Waals surface area (Å²) in [5.41, 5.74) is 8.31. The van der Waals surface area contributed by atoms with Crippen molar-refractivity contribution < 1.29 is 4.79 Å². The number of carbonyl (C=O) groups is 1. The lowest BCUT2D eigenvalue weighted by Gasteiger charge is -2.08. The zero-order valence-electron chi connectivity index (χ0n) is 10.7. The Balaban J connectivity index is 2.17. The number of aryl methyl sites for hydroxylation is 1. The molecule has 0 spiro atoms. The van der Waals surface area contributed by atoms with Gasteiger partial charge in [-0.1, -0.05) is 0 Å². The summed E-state index contributed by atoms with van der Waals surface area (Å²) in [6.45, 7) is 2.59. The Morgan fingerprint density at radius 1 is 1.53 bits per heavy atom. The van der Waals surface area contributed by atoms with Crippen LogP contribution in [0.2, 0.25) is 0 Å². The van der Waals surface area contributed by atoms with Crippen molar-refractivity contribution in [2.24, 2.45) is 0 Å². The van der Waals surface area contributed by atoms with Crippen LogP contribution in [0, 0.1) is 6.92 Å². The molecule has 0 aliphatic heterocycles. The molecule has 0 saturated carbocycles. The zero-order valence-corrected chi connectivity index (χ0v) is 11.5. The van der Waals surface area contributed by atoms with E-state index in [1.807, 2.05) is 13.0 Å². The van der Waals surface area contributed by atoms with Gasteiger partial charge < -0.3 is 16.4 Å². The monoisotopic (exact) mass is 277 g/mol. The quantitative estimate of drug-likeness (QED) is 0.785. The maximum atomic E-state index is 11.7. The highest BCUT2D eigenvalue weighted by molar-refractivity contribution is 7.11. The minimum Gasteiger partial charge on any atom is -0.382 e. The largest absolute Gasteiger partial charge is 0.382 e. The van der Waals surface area contributed by atoms with Crippen LogP contribution in [0.25, 0.3) is 0 Å². The molecular formula is C12H15N5OS. The molecule has 0 aromatic carbocycles. The summed E-state index contributed by atoms with van der Waals surface area (Å²) < 4.78 is 4.00. The van der Waals surface area contributed by atoms with Gasteiger partial charge in [0.15, 0.2) is 5.82 Å². The van der Waals surface area contributed by atoms with E-state index < -0.39 is 0 Å². The molecule has 0 radical (unpaired) electrons. The van der Waals surface area contributed by atoms with Crippen molar-refractivity contribution >= 4 is 28.3 Å². The smallest absolute Gasteiger partial charge is 0.257 e. The van der Waals surface area contributed by atoms with Gasteiger partial charge in [-0.15, -0.1) is 0 Å². The van der Waals surface area contributed by atoms with Crippen LogP contribution in [0.1, 0.15) is 21.5 Å². The van der Waals surface area contributed by atoms with Crippen molar-refractivity contribution in [1.82, 2.24) is 14.7 Å². The maximum absolute atomic E-state index is 11.7. The first-order chi connectivity index (χ1) is 9.13. The Labute approximate surface area is 115 Å². The molecule has 7 heteroatoms. The maximum Gasteiger partial charge on any atom is 0.257 e. The van der Waals surface area contributed by atoms with Crippen LogP contribution >= 0.6 is 11.5 Å². The number of anilines is 2. The van der Waals surface area contributed by atoms with Crippen molar-refractivity contribution in [2.75, 3.05) is 18.1 Å². The van der Waals surface area contributed by atoms with Gasteiger partial charge in [-0.25, -0.2) is 0 Å². The van der Waals surface area contributed by atoms with E-state index >= 15 is 0 Å². The lowest BCUT2D eigenvalue weighted by atomic mass is 10.1. The van der Waals surface area contributed by atoms with Crippen molar-refractivity contribution in [1.29, 1.82) is 0 Å². The molecule has 4 N–H and O–H groups in total. The van der Waals surface area contributed by atoms with Crippen LogP contribution in [0.3, 0.4) is 0 Å². The molecule has 6 nitrogen and oxygen atoms in total. The summed E-state index contributed by atoms with van der Waals surface area (Å²) >= 11 is 1.18. The third-order valence-electron chi connectivity index (χ3n) is 2.75. The normalized spacial score (nSPS) is 10.2. The fraction of sp³-hybridized carbons (Fsp3) is 0.250. The van der Waals surface area contributed by atoms with Crippen LogP contribution < -0.4 is 16.4 Å². The van der Waals surface area contributed by atoms with E-state index in [1.54, 1.807) is 19.4 Å². The highest BCUT2D eigenvalue weighted by Gasteiger charge is 2.17. The molecule has 19 heavy (non-hydrogen) atoms. The topological polar surface area (TPSA) is 92.9 Å². The summed E-state index contributed by atoms with van der Waals surface area (Å²) in [7, 11) is 1.57. The van der Waals surface area contributed by atoms with Crippen LogP contribution in [0.15, 0.2) is 18.5 Å². The van der Waals surface area contributed by atoms with Crippen molar-refractivity contribution in [3.05, 3.63) is 35.2 Å². The van der Waals surface area contributed by atoms with E-state index in [1.165, 1.54) is 11.5 Å². The minimum atomic E-state index is -0.236. The Hall–Kier alpha value is -2.15. The van der Waals surface area contributed by atoms with Gasteiger partial charge in [-0.05, 0) is 35.6 Å². The fourth-order valence-corrected chi connectivity index (χ4v) is 2.35. The molecule has 100 valence electrons. The van der Waals surface area contributed by atoms with Gasteiger partial charge in [0.25, 0.3) is 5.91 Å². The van der Waals surface area contributed by atoms with Crippen molar-refractivity contribution in [3.8, 4) is 0 Å². The van der Waals surface area contributed by atoms with E-state index in [-0.39, 0.29) is 11.7 Å². The third-order valence-corrected chi connectivity index (χ3v) is 3.57. The standard InChI is InChI=1S/C12H15N5OS/c1-7-5-15-4-3-8(7)6-16-12-9(11(18)14-2)10(13)17-19-12/h3-5,16H,6H2,1-2H3,(H2,13,17)(H,14,18). The molecule has 0 atom stereocenters. The minimum absolute atomic E-state index is 0.236. The first kappa shape index (κ1) is 13.3. The highest BCUT2D eigenvalue weighted by Crippen LogP contribution is 2.27. The SMILES string of the molecule is CNC(=O)c1c(N)nsc1NCc1ccncc1C. The number of amides is 1. The highest BCUT2D eigenvalue weighted by atomic mass is 32.1. The molecule has 0 unspecified atom stereocenters. The molecule has 1 amide bonds. The third kappa shape index (κ3) is 2.82. The second kappa shape index (κ2) is 5.66. The van der Waals surface area contributed by atoms with Gasteiger partial charge in [0.1, 0.15) is 10.6 Å². The number of nitrogens with zero attached hydrogens (tertiary/aromatic N) is 2. The van der Waals surface area contributed by atoms with E-state index in [4.69, 9.17) is 5.73 Å². The number of pyridine rings is 1. The Bertz CT molecular complexity index is 596.